The third-order valence-electron chi connectivity index (χ3n) is 13.8. The molecule has 0 amide bonds. The molecule has 0 saturated carbocycles. The molecule has 13 rings (SSSR count). The molecule has 0 atom stereocenters. The van der Waals surface area contributed by atoms with Crippen LogP contribution >= 0.6 is 0 Å². The van der Waals surface area contributed by atoms with Gasteiger partial charge in [0.15, 0.2) is 0 Å². The minimum atomic E-state index is -0.581. The van der Waals surface area contributed by atoms with Gasteiger partial charge in [-0.05, 0) is 94.4 Å². The van der Waals surface area contributed by atoms with Gasteiger partial charge < -0.3 is 14.5 Å². The lowest BCUT2D eigenvalue weighted by molar-refractivity contribution is 0.482. The van der Waals surface area contributed by atoms with Crippen LogP contribution in [0.3, 0.4) is 0 Å². The lowest BCUT2D eigenvalue weighted by Crippen LogP contribution is -2.29. The molecule has 67 heavy (non-hydrogen) atoms. The Balaban J connectivity index is 0.960. The van der Waals surface area contributed by atoms with Crippen molar-refractivity contribution in [2.75, 3.05) is 16.5 Å². The largest absolute Gasteiger partial charge is 0.457 e. The lowest BCUT2D eigenvalue weighted by Gasteiger charge is -2.35. The van der Waals surface area contributed by atoms with Crippen molar-refractivity contribution in [3.05, 3.63) is 265 Å². The van der Waals surface area contributed by atoms with E-state index in [0.717, 1.165) is 51.0 Å². The maximum absolute atomic E-state index is 7.17. The van der Waals surface area contributed by atoms with Crippen molar-refractivity contribution in [1.82, 2.24) is 9.55 Å². The predicted molar refractivity (Wildman–Crippen MR) is 275 cm³/mol. The summed E-state index contributed by atoms with van der Waals surface area (Å²) >= 11 is 0. The zero-order valence-electron chi connectivity index (χ0n) is 36.9. The fourth-order valence-electron chi connectivity index (χ4n) is 11.0. The van der Waals surface area contributed by atoms with Gasteiger partial charge in [0.25, 0.3) is 0 Å². The molecule has 9 aromatic carbocycles. The summed E-state index contributed by atoms with van der Waals surface area (Å²) < 4.78 is 9.49. The summed E-state index contributed by atoms with van der Waals surface area (Å²) in [4.78, 5) is 9.83. The van der Waals surface area contributed by atoms with E-state index in [0.29, 0.717) is 6.67 Å². The molecule has 3 heterocycles. The summed E-state index contributed by atoms with van der Waals surface area (Å²) in [6.07, 6.45) is 1.91. The third-order valence-corrected chi connectivity index (χ3v) is 13.8. The van der Waals surface area contributed by atoms with Crippen LogP contribution in [-0.4, -0.2) is 16.2 Å². The van der Waals surface area contributed by atoms with Gasteiger partial charge in [-0.2, -0.15) is 0 Å². The molecule has 1 aliphatic heterocycles. The molecule has 318 valence electrons. The van der Waals surface area contributed by atoms with Gasteiger partial charge in [0.1, 0.15) is 24.0 Å². The van der Waals surface area contributed by atoms with E-state index < -0.39 is 5.41 Å². The maximum atomic E-state index is 7.17. The fraction of sp³-hybridized carbons (Fsp3) is 0.0484. The van der Waals surface area contributed by atoms with Crippen molar-refractivity contribution in [2.45, 2.75) is 12.3 Å². The van der Waals surface area contributed by atoms with Gasteiger partial charge in [-0.1, -0.05) is 170 Å². The van der Waals surface area contributed by atoms with E-state index in [1.807, 2.05) is 6.20 Å². The molecule has 5 nitrogen and oxygen atoms in total. The molecule has 2 aromatic heterocycles. The Morgan fingerprint density at radius 3 is 1.70 bits per heavy atom. The second-order valence-corrected chi connectivity index (χ2v) is 17.6. The normalized spacial score (nSPS) is 13.4. The van der Waals surface area contributed by atoms with E-state index in [2.05, 4.69) is 252 Å². The van der Waals surface area contributed by atoms with Gasteiger partial charge in [0, 0.05) is 45.9 Å². The number of para-hydroxylation sites is 3. The maximum Gasteiger partial charge on any atom is 0.137 e. The van der Waals surface area contributed by atoms with Crippen LogP contribution in [-0.2, 0) is 5.41 Å². The van der Waals surface area contributed by atoms with Gasteiger partial charge in [-0.25, -0.2) is 4.98 Å². The Kier molecular flexibility index (Phi) is 8.97. The average molecular weight is 861 g/mol. The van der Waals surface area contributed by atoms with Crippen molar-refractivity contribution in [3.63, 3.8) is 0 Å². The second kappa shape index (κ2) is 15.5. The first-order chi connectivity index (χ1) is 33.1. The molecular weight excluding hydrogens is 817 g/mol. The number of fused-ring (bicyclic) bond motifs is 1. The van der Waals surface area contributed by atoms with Crippen molar-refractivity contribution in [2.24, 2.45) is 0 Å². The molecule has 0 fully saturated rings. The Morgan fingerprint density at radius 2 is 1.04 bits per heavy atom. The highest BCUT2D eigenvalue weighted by molar-refractivity contribution is 6.18. The van der Waals surface area contributed by atoms with Crippen LogP contribution in [0.25, 0.3) is 49.9 Å². The van der Waals surface area contributed by atoms with E-state index >= 15 is 0 Å². The Bertz CT molecular complexity index is 3560. The summed E-state index contributed by atoms with van der Waals surface area (Å²) in [7, 11) is 0. The summed E-state index contributed by atoms with van der Waals surface area (Å²) in [5.74, 6) is 2.40. The van der Waals surface area contributed by atoms with Crippen molar-refractivity contribution >= 4 is 44.6 Å². The van der Waals surface area contributed by atoms with Gasteiger partial charge in [0.05, 0.1) is 33.5 Å². The highest BCUT2D eigenvalue weighted by Crippen LogP contribution is 2.58. The molecule has 0 bridgehead atoms. The zero-order valence-corrected chi connectivity index (χ0v) is 36.9. The van der Waals surface area contributed by atoms with Gasteiger partial charge in [-0.15, -0.1) is 0 Å². The number of hydrogen-bond acceptors (Lipinski definition) is 4. The van der Waals surface area contributed by atoms with Gasteiger partial charge >= 0.3 is 0 Å². The minimum Gasteiger partial charge on any atom is -0.457 e. The van der Waals surface area contributed by atoms with Crippen LogP contribution in [0.1, 0.15) is 27.8 Å². The molecule has 0 radical (unpaired) electrons. The van der Waals surface area contributed by atoms with Crippen LogP contribution < -0.4 is 14.5 Å². The van der Waals surface area contributed by atoms with Crippen molar-refractivity contribution in [1.29, 1.82) is 0 Å². The number of anilines is 4. The fourth-order valence-corrected chi connectivity index (χ4v) is 11.0. The number of rotatable bonds is 9. The van der Waals surface area contributed by atoms with E-state index in [1.165, 1.54) is 61.0 Å². The molecule has 0 unspecified atom stereocenters. The summed E-state index contributed by atoms with van der Waals surface area (Å²) in [6, 6.07) is 82.8. The number of hydrogen-bond donors (Lipinski definition) is 0. The third kappa shape index (κ3) is 6.05. The summed E-state index contributed by atoms with van der Waals surface area (Å²) in [5.41, 5.74) is 16.9. The van der Waals surface area contributed by atoms with Gasteiger partial charge in [-0.3, -0.25) is 4.57 Å². The van der Waals surface area contributed by atoms with E-state index in [-0.39, 0.29) is 0 Å². The molecular formula is C62H44N4O. The minimum absolute atomic E-state index is 0.581. The quantitative estimate of drug-likeness (QED) is 0.145. The number of ether oxygens (including phenoxy) is 1. The summed E-state index contributed by atoms with van der Waals surface area (Å²) in [6.45, 7) is 2.74. The van der Waals surface area contributed by atoms with Crippen LogP contribution in [0, 0.1) is 6.92 Å². The van der Waals surface area contributed by atoms with E-state index in [4.69, 9.17) is 9.72 Å². The van der Waals surface area contributed by atoms with E-state index in [1.54, 1.807) is 0 Å². The first-order valence-electron chi connectivity index (χ1n) is 23.0. The van der Waals surface area contributed by atoms with E-state index in [9.17, 15) is 0 Å². The lowest BCUT2D eigenvalue weighted by atomic mass is 9.67. The van der Waals surface area contributed by atoms with Crippen LogP contribution in [0.15, 0.2) is 237 Å². The van der Waals surface area contributed by atoms with Crippen LogP contribution in [0.4, 0.5) is 22.7 Å². The van der Waals surface area contributed by atoms with Crippen LogP contribution in [0.2, 0.25) is 0 Å². The smallest absolute Gasteiger partial charge is 0.137 e. The number of aryl methyl sites for hydroxylation is 1. The van der Waals surface area contributed by atoms with Crippen molar-refractivity contribution in [3.8, 4) is 39.6 Å². The van der Waals surface area contributed by atoms with Gasteiger partial charge in [0.2, 0.25) is 0 Å². The Labute approximate surface area is 390 Å². The zero-order chi connectivity index (χ0) is 44.5. The molecule has 0 N–H and O–H groups in total. The Hall–Kier alpha value is -8.67. The first-order valence-corrected chi connectivity index (χ1v) is 23.0. The topological polar surface area (TPSA) is 33.5 Å². The number of benzene rings is 9. The molecule has 0 saturated heterocycles. The monoisotopic (exact) mass is 860 g/mol. The standard InChI is InChI=1S/C62H44N4O/c1-42-35-36-63-58(37-42)66-56-34-18-31-52-59(56)60-53(62(52,45-23-10-4-11-24-45)46-25-12-5-13-26-46)39-49(40-57(60)66)67-48-28-16-27-47(38-48)64-41-65(55-33-15-14-32-54(55)64)61-50(43-19-6-2-7-20-43)29-17-30-51(61)44-21-8-3-9-22-44/h2-40H,41H2,1H3. The Morgan fingerprint density at radius 1 is 0.463 bits per heavy atom. The summed E-state index contributed by atoms with van der Waals surface area (Å²) in [5, 5.41) is 2.47. The highest BCUT2D eigenvalue weighted by atomic mass is 16.5. The molecule has 1 aliphatic carbocycles. The number of nitrogens with zero attached hydrogens (tertiary/aromatic N) is 4. The molecule has 5 heteroatoms. The highest BCUT2D eigenvalue weighted by Gasteiger charge is 2.47. The molecule has 0 spiro atoms. The SMILES string of the molecule is Cc1ccnc(-n2c3cccc4c3c3c(cc(Oc5cccc(N6CN(c7c(-c8ccccc8)cccc7-c7ccccc7)c7ccccc76)c5)cc32)C4(c2ccccc2)c2ccccc2)c1. The first kappa shape index (κ1) is 38.8. The molecule has 11 aromatic rings. The predicted octanol–water partition coefficient (Wildman–Crippen LogP) is 15.6. The average Bonchev–Trinajstić information content (AvgIpc) is 4.04. The molecule has 2 aliphatic rings. The van der Waals surface area contributed by atoms with Crippen molar-refractivity contribution < 1.29 is 4.74 Å². The number of pyridine rings is 1. The number of aromatic nitrogens is 2. The second-order valence-electron chi connectivity index (χ2n) is 17.6. The van der Waals surface area contributed by atoms with Crippen LogP contribution in [0.5, 0.6) is 11.5 Å².